The Balaban J connectivity index is 1.88. The molecule has 1 aliphatic carbocycles. The minimum absolute atomic E-state index is 0.0675. The molecular weight excluding hydrogens is 518 g/mol. The number of carbonyl (C=O) groups excluding carboxylic acids is 3. The summed E-state index contributed by atoms with van der Waals surface area (Å²) in [5.41, 5.74) is 0. The maximum absolute atomic E-state index is 14.5. The lowest BCUT2D eigenvalue weighted by Gasteiger charge is -2.28. The number of ether oxygens (including phenoxy) is 3. The molecule has 2 rings (SSSR count). The van der Waals surface area contributed by atoms with Crippen LogP contribution in [0, 0.1) is 11.8 Å². The van der Waals surface area contributed by atoms with E-state index in [9.17, 15) is 23.2 Å². The van der Waals surface area contributed by atoms with Gasteiger partial charge < -0.3 is 14.2 Å². The van der Waals surface area contributed by atoms with Gasteiger partial charge in [-0.2, -0.15) is 8.78 Å². The average molecular weight is 571 g/mol. The molecule has 0 aromatic heterocycles. The molecule has 0 amide bonds. The summed E-state index contributed by atoms with van der Waals surface area (Å²) in [5, 5.41) is 0. The molecule has 8 heteroatoms. The Morgan fingerprint density at radius 1 is 1.02 bits per heavy atom. The van der Waals surface area contributed by atoms with Crippen LogP contribution in [0.15, 0.2) is 12.2 Å². The lowest BCUT2D eigenvalue weighted by Crippen LogP contribution is -2.31. The number of Topliss-reactive ketones (excluding diaryl/α,β-unsaturated/α-hetero) is 1. The first-order valence-corrected chi connectivity index (χ1v) is 15.7. The van der Waals surface area contributed by atoms with Crippen molar-refractivity contribution >= 4 is 17.5 Å². The van der Waals surface area contributed by atoms with Crippen LogP contribution in [0.5, 0.6) is 0 Å². The molecule has 1 aliphatic heterocycles. The second kappa shape index (κ2) is 18.7. The van der Waals surface area contributed by atoms with Crippen LogP contribution in [0.4, 0.5) is 8.78 Å². The van der Waals surface area contributed by atoms with E-state index in [0.29, 0.717) is 32.3 Å². The number of esters is 1. The smallest absolute Gasteiger partial charge is 0.309 e. The first-order valence-electron chi connectivity index (χ1n) is 15.7. The predicted molar refractivity (Wildman–Crippen MR) is 151 cm³/mol. The van der Waals surface area contributed by atoms with Gasteiger partial charge >= 0.3 is 11.9 Å². The van der Waals surface area contributed by atoms with Gasteiger partial charge in [-0.25, -0.2) is 0 Å². The highest BCUT2D eigenvalue weighted by Crippen LogP contribution is 2.38. The lowest BCUT2D eigenvalue weighted by atomic mass is 9.88. The van der Waals surface area contributed by atoms with E-state index in [1.54, 1.807) is 0 Å². The zero-order chi connectivity index (χ0) is 29.4. The van der Waals surface area contributed by atoms with E-state index in [4.69, 9.17) is 14.2 Å². The van der Waals surface area contributed by atoms with Crippen LogP contribution in [-0.2, 0) is 28.6 Å². The molecule has 4 atom stereocenters. The third-order valence-electron chi connectivity index (χ3n) is 7.86. The topological polar surface area (TPSA) is 78.9 Å². The van der Waals surface area contributed by atoms with Gasteiger partial charge in [0.25, 0.3) is 0 Å². The van der Waals surface area contributed by atoms with Gasteiger partial charge in [0.1, 0.15) is 5.78 Å². The molecule has 1 unspecified atom stereocenters. The number of ketones is 2. The Hall–Kier alpha value is -1.67. The second-order valence-electron chi connectivity index (χ2n) is 11.8. The van der Waals surface area contributed by atoms with Crippen molar-refractivity contribution in [1.82, 2.24) is 0 Å². The molecule has 2 aliphatic rings. The zero-order valence-electron chi connectivity index (χ0n) is 25.0. The van der Waals surface area contributed by atoms with Gasteiger partial charge in [0.15, 0.2) is 6.29 Å². The molecule has 2 fully saturated rings. The Kier molecular flexibility index (Phi) is 16.1. The highest BCUT2D eigenvalue weighted by molar-refractivity contribution is 5.95. The molecule has 0 bridgehead atoms. The highest BCUT2D eigenvalue weighted by atomic mass is 19.3. The molecule has 1 saturated heterocycles. The first-order chi connectivity index (χ1) is 19.1. The number of halogens is 2. The van der Waals surface area contributed by atoms with Crippen molar-refractivity contribution in [2.24, 2.45) is 11.8 Å². The number of hydrogen-bond donors (Lipinski definition) is 0. The van der Waals surface area contributed by atoms with Crippen molar-refractivity contribution in [3.63, 3.8) is 0 Å². The number of unbranched alkanes of at least 4 members (excludes halogenated alkanes) is 8. The molecule has 230 valence electrons. The SMILES string of the molecule is CCCCCCC(F)(F)C(=O)/C=C/[C@H]1[C@H](OC2CCCCO2)CC(=O)[C@@H]1CCCCCCCCC(=O)OC(C)C. The average Bonchev–Trinajstić information content (AvgIpc) is 3.20. The summed E-state index contributed by atoms with van der Waals surface area (Å²) in [6, 6.07) is 0. The number of hydrogen-bond acceptors (Lipinski definition) is 6. The van der Waals surface area contributed by atoms with Crippen LogP contribution < -0.4 is 0 Å². The van der Waals surface area contributed by atoms with Crippen molar-refractivity contribution in [2.45, 2.75) is 154 Å². The third-order valence-corrected chi connectivity index (χ3v) is 7.86. The fourth-order valence-corrected chi connectivity index (χ4v) is 5.60. The molecule has 0 radical (unpaired) electrons. The molecular formula is C32H52F2O6. The number of alkyl halides is 2. The summed E-state index contributed by atoms with van der Waals surface area (Å²) in [6.07, 6.45) is 13.5. The maximum Gasteiger partial charge on any atom is 0.309 e. The Bertz CT molecular complexity index is 790. The Labute approximate surface area is 240 Å². The van der Waals surface area contributed by atoms with Crippen molar-refractivity contribution in [2.75, 3.05) is 6.61 Å². The number of rotatable bonds is 20. The minimum atomic E-state index is -3.39. The molecule has 1 heterocycles. The molecule has 1 saturated carbocycles. The van der Waals surface area contributed by atoms with Crippen molar-refractivity contribution in [3.05, 3.63) is 12.2 Å². The Morgan fingerprint density at radius 3 is 2.40 bits per heavy atom. The van der Waals surface area contributed by atoms with Crippen molar-refractivity contribution < 1.29 is 37.4 Å². The lowest BCUT2D eigenvalue weighted by molar-refractivity contribution is -0.192. The molecule has 40 heavy (non-hydrogen) atoms. The van der Waals surface area contributed by atoms with E-state index in [0.717, 1.165) is 76.7 Å². The van der Waals surface area contributed by atoms with Crippen molar-refractivity contribution in [3.8, 4) is 0 Å². The normalized spacial score (nSPS) is 23.8. The summed E-state index contributed by atoms with van der Waals surface area (Å²) in [4.78, 5) is 37.1. The van der Waals surface area contributed by atoms with Gasteiger partial charge in [-0.15, -0.1) is 0 Å². The summed E-state index contributed by atoms with van der Waals surface area (Å²) in [7, 11) is 0. The fraction of sp³-hybridized carbons (Fsp3) is 0.844. The summed E-state index contributed by atoms with van der Waals surface area (Å²) < 4.78 is 46.0. The van der Waals surface area contributed by atoms with Crippen LogP contribution >= 0.6 is 0 Å². The number of allylic oxidation sites excluding steroid dienone is 1. The summed E-state index contributed by atoms with van der Waals surface area (Å²) >= 11 is 0. The van der Waals surface area contributed by atoms with Crippen LogP contribution in [0.1, 0.15) is 130 Å². The van der Waals surface area contributed by atoms with Gasteiger partial charge in [0.05, 0.1) is 12.2 Å². The zero-order valence-corrected chi connectivity index (χ0v) is 25.0. The van der Waals surface area contributed by atoms with E-state index in [1.807, 2.05) is 20.8 Å². The minimum Gasteiger partial charge on any atom is -0.463 e. The van der Waals surface area contributed by atoms with Gasteiger partial charge in [-0.3, -0.25) is 14.4 Å². The molecule has 0 N–H and O–H groups in total. The van der Waals surface area contributed by atoms with Crippen LogP contribution in [-0.4, -0.2) is 48.6 Å². The van der Waals surface area contributed by atoms with Crippen LogP contribution in [0.2, 0.25) is 0 Å². The molecule has 0 spiro atoms. The van der Waals surface area contributed by atoms with Gasteiger partial charge in [0.2, 0.25) is 5.78 Å². The fourth-order valence-electron chi connectivity index (χ4n) is 5.60. The van der Waals surface area contributed by atoms with Crippen LogP contribution in [0.3, 0.4) is 0 Å². The van der Waals surface area contributed by atoms with Gasteiger partial charge in [0, 0.05) is 37.7 Å². The third kappa shape index (κ3) is 12.9. The number of carbonyl (C=O) groups is 3. The summed E-state index contributed by atoms with van der Waals surface area (Å²) in [5.74, 6) is -5.43. The predicted octanol–water partition coefficient (Wildman–Crippen LogP) is 7.91. The highest BCUT2D eigenvalue weighted by Gasteiger charge is 2.43. The van der Waals surface area contributed by atoms with Gasteiger partial charge in [-0.1, -0.05) is 64.4 Å². The van der Waals surface area contributed by atoms with Gasteiger partial charge in [-0.05, 0) is 58.4 Å². The van der Waals surface area contributed by atoms with E-state index < -0.39 is 36.4 Å². The monoisotopic (exact) mass is 570 g/mol. The second-order valence-corrected chi connectivity index (χ2v) is 11.8. The van der Waals surface area contributed by atoms with E-state index in [2.05, 4.69) is 0 Å². The van der Waals surface area contributed by atoms with Crippen molar-refractivity contribution in [1.29, 1.82) is 0 Å². The maximum atomic E-state index is 14.5. The molecule has 6 nitrogen and oxygen atoms in total. The standard InChI is InChI=1S/C32H52F2O6/c1-4-5-6-14-21-32(33,34)29(36)20-19-26-25(27(35)23-28(26)40-31-18-13-15-22-38-31)16-11-9-7-8-10-12-17-30(37)39-24(2)3/h19-20,24-26,28,31H,4-18,21-23H2,1-3H3/b20-19+/t25-,26-,28-,31?/m1/s1. The first kappa shape index (κ1) is 34.5. The summed E-state index contributed by atoms with van der Waals surface area (Å²) in [6.45, 7) is 6.30. The largest absolute Gasteiger partial charge is 0.463 e. The molecule has 0 aromatic carbocycles. The van der Waals surface area contributed by atoms with E-state index in [1.165, 1.54) is 6.08 Å². The molecule has 0 aromatic rings. The Morgan fingerprint density at radius 2 is 1.73 bits per heavy atom. The van der Waals surface area contributed by atoms with E-state index >= 15 is 0 Å². The van der Waals surface area contributed by atoms with E-state index in [-0.39, 0.29) is 30.2 Å². The quantitative estimate of drug-likeness (QED) is 0.0841. The van der Waals surface area contributed by atoms with Crippen LogP contribution in [0.25, 0.3) is 0 Å².